The molecular weight excluding hydrogens is 244 g/mol. The number of unbranched alkanes of at least 4 members (excludes halogenated alkanes) is 1. The van der Waals surface area contributed by atoms with Crippen LogP contribution in [0.5, 0.6) is 0 Å². The topological polar surface area (TPSA) is 98.7 Å². The van der Waals surface area contributed by atoms with Gasteiger partial charge in [0.15, 0.2) is 6.04 Å². The van der Waals surface area contributed by atoms with Crippen molar-refractivity contribution in [1.29, 1.82) is 0 Å². The molecule has 0 aliphatic heterocycles. The Hall–Kier alpha value is -0.950. The van der Waals surface area contributed by atoms with Crippen LogP contribution in [0, 0.1) is 0 Å². The first kappa shape index (κ1) is 16.1. The number of carbonyl (C=O) groups is 2. The number of hydrogen-bond acceptors (Lipinski definition) is 4. The molecule has 2 atom stereocenters. The van der Waals surface area contributed by atoms with E-state index < -0.39 is 24.1 Å². The lowest BCUT2D eigenvalue weighted by atomic mass is 10.2. The van der Waals surface area contributed by atoms with E-state index in [2.05, 4.69) is 10.6 Å². The van der Waals surface area contributed by atoms with Crippen molar-refractivity contribution < 1.29 is 19.8 Å². The van der Waals surface area contributed by atoms with Crippen molar-refractivity contribution in [3.05, 3.63) is 0 Å². The minimum atomic E-state index is -1.28. The van der Waals surface area contributed by atoms with E-state index in [0.29, 0.717) is 6.54 Å². The van der Waals surface area contributed by atoms with Gasteiger partial charge in [0, 0.05) is 6.54 Å². The summed E-state index contributed by atoms with van der Waals surface area (Å²) in [6.07, 6.45) is 2.73. The molecule has 17 heavy (non-hydrogen) atoms. The Kier molecular flexibility index (Phi) is 8.61. The van der Waals surface area contributed by atoms with Gasteiger partial charge in [0.1, 0.15) is 0 Å². The Balaban J connectivity index is 3.80. The number of aliphatic hydroxyl groups excluding tert-OH is 1. The lowest BCUT2D eigenvalue weighted by Crippen LogP contribution is -2.51. The summed E-state index contributed by atoms with van der Waals surface area (Å²) in [5.74, 6) is -0.216. The largest absolute Gasteiger partial charge is 0.480 e. The Bertz CT molecular complexity index is 248. The maximum absolute atomic E-state index is 11.3. The van der Waals surface area contributed by atoms with Crippen molar-refractivity contribution in [1.82, 2.24) is 10.6 Å². The lowest BCUT2D eigenvalue weighted by molar-refractivity contribution is -0.141. The van der Waals surface area contributed by atoms with Gasteiger partial charge in [-0.1, -0.05) is 0 Å². The molecule has 0 aliphatic rings. The number of carboxylic acids is 1. The van der Waals surface area contributed by atoms with Crippen LogP contribution < -0.4 is 10.6 Å². The van der Waals surface area contributed by atoms with Crippen LogP contribution in [0.25, 0.3) is 0 Å². The number of hydrogen-bond donors (Lipinski definition) is 4. The van der Waals surface area contributed by atoms with Crippen molar-refractivity contribution in [2.45, 2.75) is 31.9 Å². The summed E-state index contributed by atoms with van der Waals surface area (Å²) in [5, 5.41) is 22.6. The van der Waals surface area contributed by atoms with Crippen LogP contribution in [-0.4, -0.2) is 52.9 Å². The third kappa shape index (κ3) is 7.87. The zero-order valence-electron chi connectivity index (χ0n) is 10.1. The quantitative estimate of drug-likeness (QED) is 0.471. The van der Waals surface area contributed by atoms with Crippen molar-refractivity contribution >= 4 is 23.8 Å². The van der Waals surface area contributed by atoms with Crippen molar-refractivity contribution in [2.24, 2.45) is 0 Å². The van der Waals surface area contributed by atoms with Crippen LogP contribution in [0.2, 0.25) is 0 Å². The Labute approximate surface area is 105 Å². The molecule has 0 aliphatic carbocycles. The van der Waals surface area contributed by atoms with Crippen molar-refractivity contribution in [2.75, 3.05) is 18.6 Å². The summed E-state index contributed by atoms with van der Waals surface area (Å²) in [6, 6.07) is -1.84. The number of carboxylic acid groups (broad SMARTS) is 1. The van der Waals surface area contributed by atoms with Gasteiger partial charge in [0.05, 0.1) is 6.10 Å². The SMILES string of the molecule is CSCCCCNC(=O)NC(C(=O)O)C(C)O. The van der Waals surface area contributed by atoms with E-state index in [0.717, 1.165) is 18.6 Å². The number of carbonyl (C=O) groups excluding carboxylic acids is 1. The molecule has 0 aromatic carbocycles. The van der Waals surface area contributed by atoms with Gasteiger partial charge in [-0.2, -0.15) is 11.8 Å². The summed E-state index contributed by atoms with van der Waals surface area (Å²) >= 11 is 1.74. The molecule has 0 heterocycles. The Morgan fingerprint density at radius 1 is 1.35 bits per heavy atom. The molecule has 0 saturated heterocycles. The van der Waals surface area contributed by atoms with Gasteiger partial charge in [-0.05, 0) is 31.8 Å². The molecule has 7 heteroatoms. The van der Waals surface area contributed by atoms with Crippen LogP contribution in [0.15, 0.2) is 0 Å². The molecule has 0 radical (unpaired) electrons. The predicted molar refractivity (Wildman–Crippen MR) is 67.3 cm³/mol. The first-order valence-electron chi connectivity index (χ1n) is 5.43. The van der Waals surface area contributed by atoms with Crippen LogP contribution in [0.4, 0.5) is 4.79 Å². The second kappa shape index (κ2) is 9.12. The summed E-state index contributed by atoms with van der Waals surface area (Å²) in [4.78, 5) is 22.0. The Morgan fingerprint density at radius 2 is 2.00 bits per heavy atom. The maximum atomic E-state index is 11.3. The fraction of sp³-hybridized carbons (Fsp3) is 0.800. The number of nitrogens with one attached hydrogen (secondary N) is 2. The number of urea groups is 1. The van der Waals surface area contributed by atoms with Crippen molar-refractivity contribution in [3.8, 4) is 0 Å². The number of thioether (sulfide) groups is 1. The highest BCUT2D eigenvalue weighted by molar-refractivity contribution is 7.98. The molecule has 0 aromatic heterocycles. The van der Waals surface area contributed by atoms with Gasteiger partial charge >= 0.3 is 12.0 Å². The highest BCUT2D eigenvalue weighted by atomic mass is 32.2. The molecule has 0 rings (SSSR count). The van der Waals surface area contributed by atoms with E-state index in [1.54, 1.807) is 11.8 Å². The second-order valence-electron chi connectivity index (χ2n) is 3.66. The summed E-state index contributed by atoms with van der Waals surface area (Å²) in [7, 11) is 0. The molecule has 0 fully saturated rings. The third-order valence-electron chi connectivity index (χ3n) is 2.10. The molecular formula is C10H20N2O4S. The molecule has 0 bridgehead atoms. The number of aliphatic hydroxyl groups is 1. The molecule has 0 saturated carbocycles. The second-order valence-corrected chi connectivity index (χ2v) is 4.64. The van der Waals surface area contributed by atoms with Gasteiger partial charge in [-0.25, -0.2) is 9.59 Å². The number of amides is 2. The smallest absolute Gasteiger partial charge is 0.328 e. The van der Waals surface area contributed by atoms with E-state index in [-0.39, 0.29) is 0 Å². The normalized spacial score (nSPS) is 13.8. The third-order valence-corrected chi connectivity index (χ3v) is 2.79. The summed E-state index contributed by atoms with van der Waals surface area (Å²) in [5.41, 5.74) is 0. The molecule has 0 spiro atoms. The monoisotopic (exact) mass is 264 g/mol. The van der Waals surface area contributed by atoms with E-state index in [1.165, 1.54) is 6.92 Å². The van der Waals surface area contributed by atoms with Gasteiger partial charge in [-0.3, -0.25) is 0 Å². The van der Waals surface area contributed by atoms with Crippen molar-refractivity contribution in [3.63, 3.8) is 0 Å². The predicted octanol–water partition coefficient (Wildman–Crippen LogP) is 0.263. The molecule has 2 amide bonds. The first-order chi connectivity index (χ1) is 7.99. The zero-order valence-corrected chi connectivity index (χ0v) is 10.9. The van der Waals surface area contributed by atoms with Crippen LogP contribution in [0.1, 0.15) is 19.8 Å². The molecule has 0 aromatic rings. The molecule has 100 valence electrons. The molecule has 4 N–H and O–H groups in total. The minimum Gasteiger partial charge on any atom is -0.480 e. The lowest BCUT2D eigenvalue weighted by Gasteiger charge is -2.17. The summed E-state index contributed by atoms with van der Waals surface area (Å²) < 4.78 is 0. The van der Waals surface area contributed by atoms with Crippen LogP contribution >= 0.6 is 11.8 Å². The average Bonchev–Trinajstić information content (AvgIpc) is 2.24. The fourth-order valence-electron chi connectivity index (χ4n) is 1.15. The highest BCUT2D eigenvalue weighted by Gasteiger charge is 2.24. The van der Waals surface area contributed by atoms with E-state index in [1.807, 2.05) is 6.26 Å². The summed E-state index contributed by atoms with van der Waals surface area (Å²) in [6.45, 7) is 1.82. The maximum Gasteiger partial charge on any atom is 0.328 e. The first-order valence-corrected chi connectivity index (χ1v) is 6.82. The number of aliphatic carboxylic acids is 1. The molecule has 2 unspecified atom stereocenters. The van der Waals surface area contributed by atoms with Gasteiger partial charge < -0.3 is 20.8 Å². The Morgan fingerprint density at radius 3 is 2.47 bits per heavy atom. The van der Waals surface area contributed by atoms with Gasteiger partial charge in [0.25, 0.3) is 0 Å². The van der Waals surface area contributed by atoms with Gasteiger partial charge in [0.2, 0.25) is 0 Å². The highest BCUT2D eigenvalue weighted by Crippen LogP contribution is 1.98. The van der Waals surface area contributed by atoms with Crippen LogP contribution in [-0.2, 0) is 4.79 Å². The van der Waals surface area contributed by atoms with Gasteiger partial charge in [-0.15, -0.1) is 0 Å². The van der Waals surface area contributed by atoms with E-state index >= 15 is 0 Å². The average molecular weight is 264 g/mol. The molecule has 6 nitrogen and oxygen atoms in total. The standard InChI is InChI=1S/C10H20N2O4S/c1-7(13)8(9(14)15)12-10(16)11-5-3-4-6-17-2/h7-8,13H,3-6H2,1-2H3,(H,14,15)(H2,11,12,16). The van der Waals surface area contributed by atoms with E-state index in [4.69, 9.17) is 10.2 Å². The fourth-order valence-corrected chi connectivity index (χ4v) is 1.65. The minimum absolute atomic E-state index is 0.499. The van der Waals surface area contributed by atoms with E-state index in [9.17, 15) is 9.59 Å². The number of rotatable bonds is 8. The zero-order chi connectivity index (χ0) is 13.3. The van der Waals surface area contributed by atoms with Crippen LogP contribution in [0.3, 0.4) is 0 Å².